The summed E-state index contributed by atoms with van der Waals surface area (Å²) in [4.78, 5) is 30.7. The van der Waals surface area contributed by atoms with Crippen molar-refractivity contribution in [3.63, 3.8) is 0 Å². The normalized spacial score (nSPS) is 14.7. The molecule has 1 aliphatic heterocycles. The number of halogens is 1. The molecule has 2 heterocycles. The van der Waals surface area contributed by atoms with Crippen LogP contribution in [-0.4, -0.2) is 59.3 Å². The number of aromatic nitrogens is 1. The van der Waals surface area contributed by atoms with Crippen LogP contribution in [0.1, 0.15) is 34.5 Å². The minimum atomic E-state index is -0.534. The number of nitrogens with zero attached hydrogens (tertiary/aromatic N) is 4. The Morgan fingerprint density at radius 1 is 1.18 bits per heavy atom. The second kappa shape index (κ2) is 10.00. The number of ketones is 1. The third-order valence-corrected chi connectivity index (χ3v) is 7.13. The first-order valence-electron chi connectivity index (χ1n) is 11.2. The Kier molecular flexibility index (Phi) is 7.05. The van der Waals surface area contributed by atoms with Crippen molar-refractivity contribution in [3.8, 4) is 11.8 Å². The minimum Gasteiger partial charge on any atom is -0.486 e. The first-order valence-corrected chi connectivity index (χ1v) is 12.0. The number of Topliss-reactive ketones (excluding diaryl/α,β-unsaturated/α-hetero) is 1. The van der Waals surface area contributed by atoms with Crippen molar-refractivity contribution in [2.75, 3.05) is 27.2 Å². The lowest BCUT2D eigenvalue weighted by molar-refractivity contribution is -0.128. The van der Waals surface area contributed by atoms with Crippen molar-refractivity contribution in [2.24, 2.45) is 7.05 Å². The zero-order valence-corrected chi connectivity index (χ0v) is 21.1. The van der Waals surface area contributed by atoms with Gasteiger partial charge in [-0.3, -0.25) is 9.59 Å². The predicted octanol–water partition coefficient (Wildman–Crippen LogP) is 4.13. The van der Waals surface area contributed by atoms with Crippen LogP contribution in [0.4, 0.5) is 0 Å². The maximum atomic E-state index is 13.6. The summed E-state index contributed by atoms with van der Waals surface area (Å²) < 4.78 is 8.65. The Hall–Kier alpha value is -3.15. The lowest BCUT2D eigenvalue weighted by atomic mass is 10.0. The first-order chi connectivity index (χ1) is 16.3. The van der Waals surface area contributed by atoms with Gasteiger partial charge in [-0.2, -0.15) is 5.26 Å². The van der Waals surface area contributed by atoms with E-state index in [0.29, 0.717) is 22.6 Å². The van der Waals surface area contributed by atoms with Gasteiger partial charge in [-0.25, -0.2) is 0 Å². The average Bonchev–Trinajstić information content (AvgIpc) is 3.13. The number of hydrogen-bond acceptors (Lipinski definition) is 5. The van der Waals surface area contributed by atoms with Crippen molar-refractivity contribution >= 4 is 38.5 Å². The summed E-state index contributed by atoms with van der Waals surface area (Å²) in [5.74, 6) is -0.620. The topological polar surface area (TPSA) is 78.6 Å². The van der Waals surface area contributed by atoms with Crippen molar-refractivity contribution in [1.29, 1.82) is 5.26 Å². The molecule has 2 aromatic carbocycles. The van der Waals surface area contributed by atoms with Gasteiger partial charge < -0.3 is 19.1 Å². The standard InChI is InChI=1S/C26H27BrN4O3/c1-29-12-10-19(11-13-29)30(2)26(33)25(32)24-20-6-4-5-7-21(20)31(3)22(24)16-34-23-9-8-18(27)14-17(23)15-28/h4-9,14,19H,10-13,16H2,1-3H3. The maximum absolute atomic E-state index is 13.6. The zero-order chi connectivity index (χ0) is 24.4. The molecule has 1 aliphatic rings. The number of amides is 1. The highest BCUT2D eigenvalue weighted by Crippen LogP contribution is 2.29. The molecule has 8 heteroatoms. The lowest BCUT2D eigenvalue weighted by Crippen LogP contribution is -2.46. The zero-order valence-electron chi connectivity index (χ0n) is 19.5. The molecule has 0 saturated carbocycles. The predicted molar refractivity (Wildman–Crippen MR) is 134 cm³/mol. The van der Waals surface area contributed by atoms with E-state index in [2.05, 4.69) is 33.9 Å². The molecule has 0 aliphatic carbocycles. The number of aryl methyl sites for hydroxylation is 1. The van der Waals surface area contributed by atoms with Crippen molar-refractivity contribution in [2.45, 2.75) is 25.5 Å². The summed E-state index contributed by atoms with van der Waals surface area (Å²) in [7, 11) is 5.64. The maximum Gasteiger partial charge on any atom is 0.295 e. The third-order valence-electron chi connectivity index (χ3n) is 6.63. The van der Waals surface area contributed by atoms with Gasteiger partial charge in [0.1, 0.15) is 18.4 Å². The third kappa shape index (κ3) is 4.59. The molecule has 1 saturated heterocycles. The molecule has 0 radical (unpaired) electrons. The fraction of sp³-hybridized carbons (Fsp3) is 0.346. The Morgan fingerprint density at radius 2 is 1.88 bits per heavy atom. The molecule has 4 rings (SSSR count). The molecule has 1 fully saturated rings. The molecule has 3 aromatic rings. The second-order valence-electron chi connectivity index (χ2n) is 8.72. The molecule has 0 bridgehead atoms. The molecule has 1 aromatic heterocycles. The Bertz CT molecular complexity index is 1290. The van der Waals surface area contributed by atoms with E-state index >= 15 is 0 Å². The fourth-order valence-electron chi connectivity index (χ4n) is 4.55. The number of nitriles is 1. The highest BCUT2D eigenvalue weighted by atomic mass is 79.9. The number of carbonyl (C=O) groups is 2. The summed E-state index contributed by atoms with van der Waals surface area (Å²) in [6.45, 7) is 1.85. The number of para-hydroxylation sites is 1. The number of hydrogen-bond donors (Lipinski definition) is 0. The monoisotopic (exact) mass is 522 g/mol. The van der Waals surface area contributed by atoms with Crippen LogP contribution in [0.2, 0.25) is 0 Å². The first kappa shape index (κ1) is 24.0. The summed E-state index contributed by atoms with van der Waals surface area (Å²) >= 11 is 3.36. The van der Waals surface area contributed by atoms with E-state index in [4.69, 9.17) is 4.74 Å². The van der Waals surface area contributed by atoms with Crippen LogP contribution in [0.15, 0.2) is 46.9 Å². The van der Waals surface area contributed by atoms with Gasteiger partial charge >= 0.3 is 0 Å². The number of carbonyl (C=O) groups excluding carboxylic acids is 2. The number of likely N-dealkylation sites (N-methyl/N-ethyl adjacent to an activating group) is 1. The van der Waals surface area contributed by atoms with Gasteiger partial charge in [-0.15, -0.1) is 0 Å². The summed E-state index contributed by atoms with van der Waals surface area (Å²) in [6.07, 6.45) is 1.69. The number of rotatable bonds is 6. The highest BCUT2D eigenvalue weighted by molar-refractivity contribution is 9.10. The summed E-state index contributed by atoms with van der Waals surface area (Å²) in [5, 5.41) is 10.2. The molecule has 34 heavy (non-hydrogen) atoms. The van der Waals surface area contributed by atoms with Crippen LogP contribution in [0.3, 0.4) is 0 Å². The molecule has 0 N–H and O–H groups in total. The largest absolute Gasteiger partial charge is 0.486 e. The second-order valence-corrected chi connectivity index (χ2v) is 9.63. The molecule has 1 amide bonds. The molecular weight excluding hydrogens is 496 g/mol. The SMILES string of the molecule is CN1CCC(N(C)C(=O)C(=O)c2c(COc3ccc(Br)cc3C#N)n(C)c3ccccc23)CC1. The molecule has 0 atom stereocenters. The molecule has 176 valence electrons. The van der Waals surface area contributed by atoms with Crippen molar-refractivity contribution < 1.29 is 14.3 Å². The van der Waals surface area contributed by atoms with Gasteiger partial charge in [-0.05, 0) is 57.2 Å². The number of ether oxygens (including phenoxy) is 1. The van der Waals surface area contributed by atoms with E-state index < -0.39 is 11.7 Å². The Labute approximate surface area is 207 Å². The fourth-order valence-corrected chi connectivity index (χ4v) is 4.91. The van der Waals surface area contributed by atoms with E-state index in [1.807, 2.05) is 35.9 Å². The average molecular weight is 523 g/mol. The van der Waals surface area contributed by atoms with E-state index in [1.165, 1.54) is 0 Å². The van der Waals surface area contributed by atoms with Crippen LogP contribution >= 0.6 is 15.9 Å². The van der Waals surface area contributed by atoms with E-state index in [0.717, 1.165) is 41.3 Å². The number of benzene rings is 2. The Balaban J connectivity index is 1.67. The van der Waals surface area contributed by atoms with Gasteiger partial charge in [0.25, 0.3) is 11.7 Å². The summed E-state index contributed by atoms with van der Waals surface area (Å²) in [5.41, 5.74) is 2.19. The van der Waals surface area contributed by atoms with E-state index in [1.54, 1.807) is 30.1 Å². The lowest BCUT2D eigenvalue weighted by Gasteiger charge is -2.34. The van der Waals surface area contributed by atoms with Crippen molar-refractivity contribution in [3.05, 3.63) is 63.8 Å². The number of likely N-dealkylation sites (tertiary alicyclic amines) is 1. The van der Waals surface area contributed by atoms with Crippen LogP contribution in [0, 0.1) is 11.3 Å². The van der Waals surface area contributed by atoms with Crippen LogP contribution in [0.5, 0.6) is 5.75 Å². The number of piperidine rings is 1. The summed E-state index contributed by atoms with van der Waals surface area (Å²) in [6, 6.07) is 14.9. The number of fused-ring (bicyclic) bond motifs is 1. The van der Waals surface area contributed by atoms with Crippen LogP contribution in [-0.2, 0) is 18.4 Å². The minimum absolute atomic E-state index is 0.0447. The van der Waals surface area contributed by atoms with Gasteiger partial charge in [0, 0.05) is 35.5 Å². The highest BCUT2D eigenvalue weighted by Gasteiger charge is 2.32. The molecule has 7 nitrogen and oxygen atoms in total. The van der Waals surface area contributed by atoms with Gasteiger partial charge in [0.2, 0.25) is 0 Å². The molecule has 0 spiro atoms. The smallest absolute Gasteiger partial charge is 0.295 e. The van der Waals surface area contributed by atoms with Gasteiger partial charge in [-0.1, -0.05) is 34.1 Å². The van der Waals surface area contributed by atoms with Gasteiger partial charge in [0.15, 0.2) is 0 Å². The molecule has 0 unspecified atom stereocenters. The van der Waals surface area contributed by atoms with Crippen LogP contribution < -0.4 is 4.74 Å². The molecular formula is C26H27BrN4O3. The van der Waals surface area contributed by atoms with Crippen molar-refractivity contribution in [1.82, 2.24) is 14.4 Å². The van der Waals surface area contributed by atoms with E-state index in [9.17, 15) is 14.9 Å². The quantitative estimate of drug-likeness (QED) is 0.359. The van der Waals surface area contributed by atoms with Gasteiger partial charge in [0.05, 0.1) is 16.8 Å². The van der Waals surface area contributed by atoms with E-state index in [-0.39, 0.29) is 12.6 Å². The Morgan fingerprint density at radius 3 is 2.59 bits per heavy atom. The van der Waals surface area contributed by atoms with Crippen LogP contribution in [0.25, 0.3) is 10.9 Å².